The van der Waals surface area contributed by atoms with Gasteiger partial charge in [0.15, 0.2) is 5.78 Å². The Morgan fingerprint density at radius 3 is 2.02 bits per heavy atom. The lowest BCUT2D eigenvalue weighted by Crippen LogP contribution is -2.62. The van der Waals surface area contributed by atoms with Crippen LogP contribution in [-0.2, 0) is 19.2 Å². The number of carbonyl (C=O) groups excluding carboxylic acids is 6. The van der Waals surface area contributed by atoms with Crippen LogP contribution >= 0.6 is 0 Å². The lowest BCUT2D eigenvalue weighted by molar-refractivity contribution is -0.145. The fraction of sp³-hybridized carbons (Fsp3) is 0.636. The Morgan fingerprint density at radius 2 is 1.50 bits per heavy atom. The van der Waals surface area contributed by atoms with Gasteiger partial charge in [0.05, 0.1) is 6.04 Å². The Kier molecular flexibility index (Phi) is 8.37. The van der Waals surface area contributed by atoms with Gasteiger partial charge in [-0.05, 0) is 60.2 Å². The van der Waals surface area contributed by atoms with Gasteiger partial charge >= 0.3 is 6.03 Å². The summed E-state index contributed by atoms with van der Waals surface area (Å²) < 4.78 is 0. The molecule has 0 radical (unpaired) electrons. The topological polar surface area (TPSA) is 168 Å². The normalized spacial score (nSPS) is 25.8. The van der Waals surface area contributed by atoms with Crippen LogP contribution in [0.25, 0.3) is 0 Å². The standard InChI is InChI=1S/C33H45N5O6/c1-32(2,3)27(37-31(44)36-22(17-12-9-13-17)25(39)19-10-7-6-8-11-19)30(43)38-16-20-21(33(20,4)5)24(38)29(42)35-23(18-14-15-18)26(40)28(34)41/h6-8,10-11,17-18,20-24,27H,9,12-16H2,1-5H3,(H2,34,41)(H,35,42)(H2,36,37,44)/t20-,21-,22-,23?,24-,27+/m0/s1. The van der Waals surface area contributed by atoms with Crippen LogP contribution in [0.5, 0.6) is 0 Å². The van der Waals surface area contributed by atoms with Gasteiger partial charge in [0.1, 0.15) is 18.1 Å². The van der Waals surface area contributed by atoms with Gasteiger partial charge in [-0.1, -0.05) is 71.4 Å². The summed E-state index contributed by atoms with van der Waals surface area (Å²) in [6, 6.07) is 4.64. The SMILES string of the molecule is CC(C)(C)[C@H](NC(=O)N[C@H](C(=O)c1ccccc1)C1CCC1)C(=O)N1C[C@H]2[C@@H]([C@H]1C(=O)NC(C(=O)C(N)=O)C1CC1)C2(C)C. The maximum atomic E-state index is 14.2. The van der Waals surface area contributed by atoms with Gasteiger partial charge in [-0.15, -0.1) is 0 Å². The Labute approximate surface area is 258 Å². The van der Waals surface area contributed by atoms with E-state index >= 15 is 0 Å². The zero-order valence-electron chi connectivity index (χ0n) is 26.2. The highest BCUT2D eigenvalue weighted by molar-refractivity contribution is 6.38. The number of benzene rings is 1. The highest BCUT2D eigenvalue weighted by Crippen LogP contribution is 2.65. The van der Waals surface area contributed by atoms with Gasteiger partial charge in [-0.2, -0.15) is 0 Å². The van der Waals surface area contributed by atoms with Crippen molar-refractivity contribution >= 4 is 35.3 Å². The van der Waals surface area contributed by atoms with Crippen molar-refractivity contribution in [1.29, 1.82) is 0 Å². The second kappa shape index (κ2) is 11.6. The Hall–Kier alpha value is -3.76. The number of nitrogens with zero attached hydrogens (tertiary/aromatic N) is 1. The van der Waals surface area contributed by atoms with E-state index in [1.54, 1.807) is 24.3 Å². The number of likely N-dealkylation sites (tertiary alicyclic amines) is 1. The molecule has 238 valence electrons. The van der Waals surface area contributed by atoms with Gasteiger partial charge in [-0.3, -0.25) is 24.0 Å². The molecule has 5 amide bonds. The fourth-order valence-electron chi connectivity index (χ4n) is 7.11. The van der Waals surface area contributed by atoms with Crippen LogP contribution in [0.2, 0.25) is 0 Å². The minimum absolute atomic E-state index is 0.0146. The molecule has 5 N–H and O–H groups in total. The molecule has 4 aliphatic rings. The number of amides is 5. The van der Waals surface area contributed by atoms with Crippen molar-refractivity contribution < 1.29 is 28.8 Å². The maximum Gasteiger partial charge on any atom is 0.316 e. The van der Waals surface area contributed by atoms with E-state index in [2.05, 4.69) is 29.8 Å². The predicted octanol–water partition coefficient (Wildman–Crippen LogP) is 2.18. The summed E-state index contributed by atoms with van der Waals surface area (Å²) in [5.74, 6) is -3.18. The first-order valence-corrected chi connectivity index (χ1v) is 15.7. The molecule has 1 aromatic rings. The number of nitrogens with two attached hydrogens (primary N) is 1. The first kappa shape index (κ1) is 31.7. The summed E-state index contributed by atoms with van der Waals surface area (Å²) in [6.45, 7) is 9.93. The average molecular weight is 608 g/mol. The molecule has 44 heavy (non-hydrogen) atoms. The minimum atomic E-state index is -1.10. The summed E-state index contributed by atoms with van der Waals surface area (Å²) in [5.41, 5.74) is 4.87. The molecule has 0 aromatic heterocycles. The zero-order valence-corrected chi connectivity index (χ0v) is 26.2. The molecule has 11 nitrogen and oxygen atoms in total. The number of piperidine rings is 1. The molecule has 11 heteroatoms. The summed E-state index contributed by atoms with van der Waals surface area (Å²) in [5, 5.41) is 8.47. The van der Waals surface area contributed by atoms with Gasteiger partial charge in [0, 0.05) is 12.1 Å². The van der Waals surface area contributed by atoms with E-state index in [1.807, 2.05) is 26.8 Å². The summed E-state index contributed by atoms with van der Waals surface area (Å²) in [4.78, 5) is 80.6. The van der Waals surface area contributed by atoms with Gasteiger partial charge < -0.3 is 26.6 Å². The van der Waals surface area contributed by atoms with E-state index in [-0.39, 0.29) is 34.9 Å². The molecule has 3 saturated carbocycles. The summed E-state index contributed by atoms with van der Waals surface area (Å²) >= 11 is 0. The van der Waals surface area contributed by atoms with E-state index in [4.69, 9.17) is 5.73 Å². The van der Waals surface area contributed by atoms with Gasteiger partial charge in [-0.25, -0.2) is 4.79 Å². The van der Waals surface area contributed by atoms with Crippen LogP contribution in [0.1, 0.15) is 77.1 Å². The molecule has 6 atom stereocenters. The number of primary amides is 1. The largest absolute Gasteiger partial charge is 0.363 e. The Balaban J connectivity index is 1.33. The van der Waals surface area contributed by atoms with Crippen LogP contribution in [0.3, 0.4) is 0 Å². The summed E-state index contributed by atoms with van der Waals surface area (Å²) in [6.07, 6.45) is 4.05. The van der Waals surface area contributed by atoms with Crippen LogP contribution in [0, 0.1) is 34.5 Å². The first-order valence-electron chi connectivity index (χ1n) is 15.7. The van der Waals surface area contributed by atoms with E-state index < -0.39 is 59.1 Å². The number of hydrogen-bond acceptors (Lipinski definition) is 6. The molecular weight excluding hydrogens is 562 g/mol. The van der Waals surface area contributed by atoms with E-state index in [9.17, 15) is 28.8 Å². The van der Waals surface area contributed by atoms with Crippen molar-refractivity contribution in [1.82, 2.24) is 20.9 Å². The van der Waals surface area contributed by atoms with Gasteiger partial charge in [0.25, 0.3) is 5.91 Å². The third-order valence-electron chi connectivity index (χ3n) is 10.3. The van der Waals surface area contributed by atoms with Gasteiger partial charge in [0.2, 0.25) is 17.6 Å². The Morgan fingerprint density at radius 1 is 0.886 bits per heavy atom. The lowest BCUT2D eigenvalue weighted by Gasteiger charge is -2.38. The van der Waals surface area contributed by atoms with Crippen LogP contribution < -0.4 is 21.7 Å². The zero-order chi connectivity index (χ0) is 32.1. The molecule has 3 aliphatic carbocycles. The molecular formula is C33H45N5O6. The molecule has 1 heterocycles. The number of rotatable bonds is 11. The predicted molar refractivity (Wildman–Crippen MR) is 162 cm³/mol. The Bertz CT molecular complexity index is 1350. The average Bonchev–Trinajstić information content (AvgIpc) is 3.80. The second-order valence-corrected chi connectivity index (χ2v) is 14.8. The highest BCUT2D eigenvalue weighted by Gasteiger charge is 2.70. The van der Waals surface area contributed by atoms with Crippen molar-refractivity contribution in [3.8, 4) is 0 Å². The van der Waals surface area contributed by atoms with E-state index in [0.29, 0.717) is 24.9 Å². The van der Waals surface area contributed by atoms with Crippen molar-refractivity contribution in [2.75, 3.05) is 6.54 Å². The quantitative estimate of drug-likeness (QED) is 0.222. The van der Waals surface area contributed by atoms with Crippen LogP contribution in [0.4, 0.5) is 4.79 Å². The molecule has 1 saturated heterocycles. The fourth-order valence-corrected chi connectivity index (χ4v) is 7.11. The third-order valence-corrected chi connectivity index (χ3v) is 10.3. The monoisotopic (exact) mass is 607 g/mol. The van der Waals surface area contributed by atoms with Crippen molar-refractivity contribution in [3.63, 3.8) is 0 Å². The van der Waals surface area contributed by atoms with Crippen molar-refractivity contribution in [3.05, 3.63) is 35.9 Å². The number of urea groups is 1. The third kappa shape index (κ3) is 6.10. The molecule has 1 unspecified atom stereocenters. The number of carbonyl (C=O) groups is 6. The molecule has 1 aromatic carbocycles. The molecule has 4 fully saturated rings. The number of nitrogens with one attached hydrogen (secondary N) is 3. The number of fused-ring (bicyclic) bond motifs is 1. The molecule has 1 aliphatic heterocycles. The summed E-state index contributed by atoms with van der Waals surface area (Å²) in [7, 11) is 0. The van der Waals surface area contributed by atoms with Crippen LogP contribution in [-0.4, -0.2) is 70.9 Å². The van der Waals surface area contributed by atoms with E-state index in [1.165, 1.54) is 4.90 Å². The number of Topliss-reactive ketones (excluding diaryl/α,β-unsaturated/α-hetero) is 2. The number of hydrogen-bond donors (Lipinski definition) is 4. The van der Waals surface area contributed by atoms with E-state index in [0.717, 1.165) is 19.3 Å². The minimum Gasteiger partial charge on any atom is -0.363 e. The van der Waals surface area contributed by atoms with Crippen LogP contribution in [0.15, 0.2) is 30.3 Å². The highest BCUT2D eigenvalue weighted by atomic mass is 16.2. The van der Waals surface area contributed by atoms with Crippen molar-refractivity contribution in [2.24, 2.45) is 40.2 Å². The maximum absolute atomic E-state index is 14.2. The second-order valence-electron chi connectivity index (χ2n) is 14.8. The molecule has 0 bridgehead atoms. The molecule has 0 spiro atoms. The first-order chi connectivity index (χ1) is 20.6. The smallest absolute Gasteiger partial charge is 0.316 e. The molecule has 5 rings (SSSR count). The van der Waals surface area contributed by atoms with Crippen molar-refractivity contribution in [2.45, 2.75) is 90.9 Å². The lowest BCUT2D eigenvalue weighted by atomic mass is 9.77. The number of ketones is 2.